The molecule has 0 heterocycles. The van der Waals surface area contributed by atoms with Crippen molar-refractivity contribution in [3.05, 3.63) is 0 Å². The van der Waals surface area contributed by atoms with Crippen LogP contribution in [0.4, 0.5) is 0 Å². The van der Waals surface area contributed by atoms with Gasteiger partial charge in [0.15, 0.2) is 0 Å². The minimum atomic E-state index is -3.83. The number of rotatable bonds is 0. The van der Waals surface area contributed by atoms with Crippen LogP contribution in [0.3, 0.4) is 0 Å². The van der Waals surface area contributed by atoms with Crippen LogP contribution in [0.1, 0.15) is 2.85 Å². The summed E-state index contributed by atoms with van der Waals surface area (Å²) in [5.74, 6) is 0. The molecule has 12 heavy (non-hydrogen) atoms. The normalized spacial score (nSPS) is 9.67. The smallest absolute Gasteiger partial charge is 1.00 e. The zero-order valence-electron chi connectivity index (χ0n) is 7.65. The molecule has 0 unspecified atom stereocenters. The second-order valence-electron chi connectivity index (χ2n) is 0.896. The van der Waals surface area contributed by atoms with Gasteiger partial charge in [-0.05, 0) is 0 Å². The van der Waals surface area contributed by atoms with Crippen LogP contribution >= 0.6 is 0 Å². The average molecular weight is 272 g/mol. The van der Waals surface area contributed by atoms with Crippen LogP contribution in [0, 0.1) is 0 Å². The summed E-state index contributed by atoms with van der Waals surface area (Å²) < 4.78 is 47.9. The summed E-state index contributed by atoms with van der Waals surface area (Å²) in [6.45, 7) is 0. The number of hydrogen-bond acceptors (Lipinski definition) is 5. The molecule has 7 N–H and O–H groups in total. The molecule has 0 radical (unpaired) electrons. The molecule has 7 nitrogen and oxygen atoms in total. The Morgan fingerprint density at radius 1 is 0.917 bits per heavy atom. The van der Waals surface area contributed by atoms with Crippen LogP contribution in [0.25, 0.3) is 0 Å². The summed E-state index contributed by atoms with van der Waals surface area (Å²) in [4.78, 5) is 0. The molecule has 0 bridgehead atoms. The Bertz CT molecular complexity index is 224. The van der Waals surface area contributed by atoms with Gasteiger partial charge in [0, 0.05) is 22.4 Å². The maximum atomic E-state index is 9.11. The fourth-order valence-corrected chi connectivity index (χ4v) is 0. The van der Waals surface area contributed by atoms with Crippen LogP contribution in [0.15, 0.2) is 0 Å². The van der Waals surface area contributed by atoms with Gasteiger partial charge in [-0.15, -0.1) is 0 Å². The molecule has 0 rings (SSSR count). The largest absolute Gasteiger partial charge is 2.00 e. The summed E-state index contributed by atoms with van der Waals surface area (Å²) in [7, 11) is -7.67. The molecule has 0 saturated heterocycles. The summed E-state index contributed by atoms with van der Waals surface area (Å²) in [5, 5.41) is 0. The molecular formula is H9MgNO6S4. The van der Waals surface area contributed by atoms with Crippen LogP contribution in [0.2, 0.25) is 0 Å². The number of hydrogen-bond donors (Lipinski definition) is 5. The van der Waals surface area contributed by atoms with E-state index in [-0.39, 0.29) is 32.1 Å². The maximum Gasteiger partial charge on any atom is 2.00 e. The van der Waals surface area contributed by atoms with Gasteiger partial charge in [-0.25, -0.2) is 0 Å². The second-order valence-corrected chi connectivity index (χ2v) is 5.29. The molecule has 0 aliphatic carbocycles. The van der Waals surface area contributed by atoms with Gasteiger partial charge in [-0.3, -0.25) is 18.2 Å². The molecule has 0 aliphatic heterocycles. The Hall–Kier alpha value is 1.31. The van der Waals surface area contributed by atoms with Gasteiger partial charge >= 0.3 is 23.1 Å². The van der Waals surface area contributed by atoms with E-state index in [1.165, 1.54) is 0 Å². The molecule has 0 aromatic rings. The van der Waals surface area contributed by atoms with Crippen molar-refractivity contribution in [1.29, 1.82) is 0 Å². The van der Waals surface area contributed by atoms with Crippen molar-refractivity contribution in [3.8, 4) is 0 Å². The Kier molecular flexibility index (Phi) is 17.2. The van der Waals surface area contributed by atoms with E-state index < -0.39 is 18.1 Å². The van der Waals surface area contributed by atoms with E-state index in [0.29, 0.717) is 0 Å². The Balaban J connectivity index is -0.0000000178. The first kappa shape index (κ1) is 23.3. The van der Waals surface area contributed by atoms with E-state index in [1.54, 1.807) is 0 Å². The fourth-order valence-electron chi connectivity index (χ4n) is 0. The van der Waals surface area contributed by atoms with Gasteiger partial charge in [0.05, 0.1) is 0 Å². The maximum absolute atomic E-state index is 9.11. The van der Waals surface area contributed by atoms with Crippen molar-refractivity contribution in [1.82, 2.24) is 6.15 Å². The van der Waals surface area contributed by atoms with Crippen molar-refractivity contribution in [2.75, 3.05) is 0 Å². The zero-order valence-corrected chi connectivity index (χ0v) is 10.3. The first-order valence-corrected chi connectivity index (χ1v) is 6.19. The summed E-state index contributed by atoms with van der Waals surface area (Å²) in [6.07, 6.45) is 0. The van der Waals surface area contributed by atoms with Gasteiger partial charge < -0.3 is 9.00 Å². The predicted molar refractivity (Wildman–Crippen MR) is 54.5 cm³/mol. The third kappa shape index (κ3) is 704. The molecular weight excluding hydrogens is 263 g/mol. The molecule has 0 spiro atoms. The van der Waals surface area contributed by atoms with E-state index in [4.69, 9.17) is 26.6 Å². The first-order chi connectivity index (χ1) is 4.00. The first-order valence-electron chi connectivity index (χ1n) is 1.40. The van der Waals surface area contributed by atoms with Crippen LogP contribution < -0.4 is 6.15 Å². The molecule has 0 aromatic carbocycles. The molecule has 76 valence electrons. The third-order valence-electron chi connectivity index (χ3n) is 0. The van der Waals surface area contributed by atoms with Crippen molar-refractivity contribution < 1.29 is 29.5 Å². The molecule has 0 fully saturated rings. The summed E-state index contributed by atoms with van der Waals surface area (Å²) >= 11 is 6.93. The SMILES string of the molecule is N.O=S(O)(O)=S.O=S(O)(O)=S.[H-].[H-].[Mg+2]. The fraction of sp³-hybridized carbons (Fsp3) is 0. The van der Waals surface area contributed by atoms with Crippen LogP contribution in [0.5, 0.6) is 0 Å². The molecule has 12 heteroatoms. The molecule has 0 aliphatic rings. The van der Waals surface area contributed by atoms with Gasteiger partial charge in [0.1, 0.15) is 0 Å². The summed E-state index contributed by atoms with van der Waals surface area (Å²) in [6, 6.07) is 0. The summed E-state index contributed by atoms with van der Waals surface area (Å²) in [5.41, 5.74) is 0. The van der Waals surface area contributed by atoms with Crippen LogP contribution in [-0.4, -0.2) is 49.7 Å². The predicted octanol–water partition coefficient (Wildman–Crippen LogP) is -0.636. The second kappa shape index (κ2) is 8.88. The monoisotopic (exact) mass is 271 g/mol. The van der Waals surface area contributed by atoms with E-state index in [2.05, 4.69) is 22.4 Å². The van der Waals surface area contributed by atoms with E-state index in [1.807, 2.05) is 0 Å². The van der Waals surface area contributed by atoms with Gasteiger partial charge in [0.2, 0.25) is 0 Å². The van der Waals surface area contributed by atoms with Gasteiger partial charge in [-0.2, -0.15) is 8.42 Å². The molecule has 0 amide bonds. The minimum absolute atomic E-state index is 0. The van der Waals surface area contributed by atoms with Crippen molar-refractivity contribution in [2.45, 2.75) is 0 Å². The van der Waals surface area contributed by atoms with Crippen molar-refractivity contribution in [2.24, 2.45) is 0 Å². The minimum Gasteiger partial charge on any atom is -1.00 e. The van der Waals surface area contributed by atoms with Gasteiger partial charge in [-0.1, -0.05) is 0 Å². The molecule has 0 atom stereocenters. The van der Waals surface area contributed by atoms with E-state index in [9.17, 15) is 0 Å². The average Bonchev–Trinajstić information content (AvgIpc) is 1.12. The topological polar surface area (TPSA) is 150 Å². The Morgan fingerprint density at radius 3 is 0.917 bits per heavy atom. The third-order valence-corrected chi connectivity index (χ3v) is 0. The molecule has 0 saturated carbocycles. The van der Waals surface area contributed by atoms with Crippen molar-refractivity contribution >= 4 is 63.5 Å². The van der Waals surface area contributed by atoms with Crippen molar-refractivity contribution in [3.63, 3.8) is 0 Å². The standard InChI is InChI=1S/Mg.H3N.2H2O3S2.2H/c;;2*1-5(2,3)4;;/h;1H3;2*(H2,1,2,3,4);;/q+2;;;;2*-1. The molecule has 0 aromatic heterocycles. The zero-order chi connectivity index (χ0) is 9.00. The van der Waals surface area contributed by atoms with E-state index >= 15 is 0 Å². The van der Waals surface area contributed by atoms with Gasteiger partial charge in [0.25, 0.3) is 18.1 Å². The Labute approximate surface area is 98.7 Å². The quantitative estimate of drug-likeness (QED) is 0.362. The van der Waals surface area contributed by atoms with Crippen LogP contribution in [-0.2, 0) is 40.5 Å². The van der Waals surface area contributed by atoms with E-state index in [0.717, 1.165) is 0 Å². The Morgan fingerprint density at radius 2 is 0.917 bits per heavy atom.